The first-order chi connectivity index (χ1) is 17.2. The average Bonchev–Trinajstić information content (AvgIpc) is 3.45. The zero-order valence-corrected chi connectivity index (χ0v) is 19.1. The largest absolute Gasteiger partial charge is 0.573 e. The molecular weight excluding hydrogens is 475 g/mol. The van der Waals surface area contributed by atoms with E-state index in [-0.39, 0.29) is 16.7 Å². The van der Waals surface area contributed by atoms with Gasteiger partial charge in [-0.25, -0.2) is 15.0 Å². The molecule has 3 aromatic rings. The van der Waals surface area contributed by atoms with Gasteiger partial charge in [-0.05, 0) is 49.6 Å². The molecule has 1 unspecified atom stereocenters. The van der Waals surface area contributed by atoms with Gasteiger partial charge in [-0.2, -0.15) is 0 Å². The minimum Gasteiger partial charge on any atom is -0.406 e. The summed E-state index contributed by atoms with van der Waals surface area (Å²) in [6, 6.07) is 6.54. The first-order valence-corrected chi connectivity index (χ1v) is 11.4. The molecule has 5 rings (SSSR count). The van der Waals surface area contributed by atoms with Crippen LogP contribution in [0.3, 0.4) is 0 Å². The number of carbonyl (C=O) groups is 2. The van der Waals surface area contributed by atoms with Crippen molar-refractivity contribution in [1.29, 1.82) is 0 Å². The lowest BCUT2D eigenvalue weighted by atomic mass is 9.84. The molecule has 1 aromatic carbocycles. The number of nitrogens with zero attached hydrogens (tertiary/aromatic N) is 4. The third kappa shape index (κ3) is 4.86. The molecular formula is C25H22F3N5O3. The van der Waals surface area contributed by atoms with Crippen LogP contribution in [0.1, 0.15) is 36.0 Å². The summed E-state index contributed by atoms with van der Waals surface area (Å²) in [5, 5.41) is 2.66. The molecule has 3 heterocycles. The summed E-state index contributed by atoms with van der Waals surface area (Å²) < 4.78 is 41.0. The van der Waals surface area contributed by atoms with Crippen LogP contribution in [0.4, 0.5) is 24.7 Å². The molecule has 1 saturated carbocycles. The second kappa shape index (κ2) is 9.21. The molecule has 1 spiro atoms. The zero-order chi connectivity index (χ0) is 25.3. The highest BCUT2D eigenvalue weighted by atomic mass is 19.4. The fourth-order valence-electron chi connectivity index (χ4n) is 4.90. The fourth-order valence-corrected chi connectivity index (χ4v) is 4.90. The Hall–Kier alpha value is -4.02. The summed E-state index contributed by atoms with van der Waals surface area (Å²) in [4.78, 5) is 40.3. The Morgan fingerprint density at radius 3 is 2.50 bits per heavy atom. The van der Waals surface area contributed by atoms with Gasteiger partial charge in [0.15, 0.2) is 0 Å². The molecule has 1 N–H and O–H groups in total. The van der Waals surface area contributed by atoms with Gasteiger partial charge in [0, 0.05) is 60.3 Å². The van der Waals surface area contributed by atoms with Crippen LogP contribution in [-0.4, -0.2) is 46.1 Å². The average molecular weight is 497 g/mol. The van der Waals surface area contributed by atoms with Crippen LogP contribution in [0.5, 0.6) is 5.75 Å². The van der Waals surface area contributed by atoms with E-state index >= 15 is 0 Å². The van der Waals surface area contributed by atoms with E-state index in [4.69, 9.17) is 0 Å². The molecule has 0 radical (unpaired) electrons. The van der Waals surface area contributed by atoms with E-state index in [0.717, 1.165) is 31.4 Å². The van der Waals surface area contributed by atoms with Crippen molar-refractivity contribution in [2.24, 2.45) is 5.41 Å². The summed E-state index contributed by atoms with van der Waals surface area (Å²) in [7, 11) is 0. The fraction of sp³-hybridized carbons (Fsp3) is 0.320. The minimum atomic E-state index is -4.80. The Bertz CT molecular complexity index is 1280. The van der Waals surface area contributed by atoms with Gasteiger partial charge in [-0.3, -0.25) is 9.59 Å². The SMILES string of the molecule is O=C(Nc1ccc(OC(F)(F)F)cc1)c1cnc(N2CCC3(CCCC3=O)C2)c(-c2cncnc2)c1. The van der Waals surface area contributed by atoms with Gasteiger partial charge in [0.1, 0.15) is 23.7 Å². The Morgan fingerprint density at radius 1 is 1.08 bits per heavy atom. The topological polar surface area (TPSA) is 97.3 Å². The van der Waals surface area contributed by atoms with E-state index in [9.17, 15) is 22.8 Å². The molecule has 2 aromatic heterocycles. The second-order valence-corrected chi connectivity index (χ2v) is 8.98. The van der Waals surface area contributed by atoms with Gasteiger partial charge >= 0.3 is 6.36 Å². The first kappa shape index (κ1) is 23.7. The van der Waals surface area contributed by atoms with Crippen molar-refractivity contribution in [2.45, 2.75) is 32.0 Å². The molecule has 1 atom stereocenters. The molecule has 186 valence electrons. The minimum absolute atomic E-state index is 0.249. The highest BCUT2D eigenvalue weighted by Gasteiger charge is 2.47. The van der Waals surface area contributed by atoms with Crippen molar-refractivity contribution < 1.29 is 27.5 Å². The lowest BCUT2D eigenvalue weighted by molar-refractivity contribution is -0.274. The van der Waals surface area contributed by atoms with Gasteiger partial charge in [0.05, 0.1) is 5.56 Å². The number of carbonyl (C=O) groups excluding carboxylic acids is 2. The quantitative estimate of drug-likeness (QED) is 0.549. The summed E-state index contributed by atoms with van der Waals surface area (Å²) in [5.41, 5.74) is 1.54. The van der Waals surface area contributed by atoms with E-state index in [2.05, 4.69) is 29.9 Å². The number of benzene rings is 1. The summed E-state index contributed by atoms with van der Waals surface area (Å²) in [6.07, 6.45) is 4.47. The van der Waals surface area contributed by atoms with Gasteiger partial charge in [-0.1, -0.05) is 0 Å². The number of Topliss-reactive ketones (excluding diaryl/α,β-unsaturated/α-hetero) is 1. The van der Waals surface area contributed by atoms with E-state index in [1.807, 2.05) is 0 Å². The number of amides is 1. The van der Waals surface area contributed by atoms with Crippen molar-refractivity contribution in [1.82, 2.24) is 15.0 Å². The number of pyridine rings is 1. The Labute approximate surface area is 204 Å². The van der Waals surface area contributed by atoms with Crippen LogP contribution < -0.4 is 15.0 Å². The van der Waals surface area contributed by atoms with Crippen molar-refractivity contribution in [3.63, 3.8) is 0 Å². The van der Waals surface area contributed by atoms with E-state index in [0.29, 0.717) is 47.9 Å². The van der Waals surface area contributed by atoms with Crippen molar-refractivity contribution in [2.75, 3.05) is 23.3 Å². The van der Waals surface area contributed by atoms with Crippen LogP contribution >= 0.6 is 0 Å². The predicted octanol–water partition coefficient (Wildman–Crippen LogP) is 4.64. The first-order valence-electron chi connectivity index (χ1n) is 11.4. The number of aromatic nitrogens is 3. The van der Waals surface area contributed by atoms with Crippen molar-refractivity contribution >= 4 is 23.2 Å². The zero-order valence-electron chi connectivity index (χ0n) is 19.1. The number of ketones is 1. The summed E-state index contributed by atoms with van der Waals surface area (Å²) >= 11 is 0. The van der Waals surface area contributed by atoms with Crippen LogP contribution in [0.25, 0.3) is 11.1 Å². The van der Waals surface area contributed by atoms with Crippen LogP contribution in [0, 0.1) is 5.41 Å². The summed E-state index contributed by atoms with van der Waals surface area (Å²) in [5.74, 6) is 0.0753. The normalized spacial score (nSPS) is 19.6. The maximum absolute atomic E-state index is 12.9. The van der Waals surface area contributed by atoms with Crippen LogP contribution in [-0.2, 0) is 4.79 Å². The molecule has 1 saturated heterocycles. The van der Waals surface area contributed by atoms with Gasteiger partial charge < -0.3 is 15.0 Å². The van der Waals surface area contributed by atoms with Crippen molar-refractivity contribution in [3.8, 4) is 16.9 Å². The maximum atomic E-state index is 12.9. The number of hydrogen-bond donors (Lipinski definition) is 1. The molecule has 11 heteroatoms. The lowest BCUT2D eigenvalue weighted by Gasteiger charge is -2.24. The number of alkyl halides is 3. The highest BCUT2D eigenvalue weighted by molar-refractivity contribution is 6.05. The number of halogens is 3. The molecule has 1 amide bonds. The number of anilines is 2. The third-order valence-electron chi connectivity index (χ3n) is 6.65. The predicted molar refractivity (Wildman–Crippen MR) is 124 cm³/mol. The van der Waals surface area contributed by atoms with Gasteiger partial charge in [0.2, 0.25) is 0 Å². The maximum Gasteiger partial charge on any atom is 0.573 e. The standard InChI is InChI=1S/C25H22F3N5O3/c26-25(27,28)36-19-5-3-18(4-6-19)32-23(35)16-10-20(17-11-29-15-30-12-17)22(31-13-16)33-9-8-24(14-33)7-1-2-21(24)34/h3-6,10-13,15H,1-2,7-9,14H2,(H,32,35). The van der Waals surface area contributed by atoms with E-state index in [1.165, 1.54) is 24.7 Å². The molecule has 36 heavy (non-hydrogen) atoms. The molecule has 0 bridgehead atoms. The lowest BCUT2D eigenvalue weighted by Crippen LogP contribution is -2.31. The Balaban J connectivity index is 1.40. The summed E-state index contributed by atoms with van der Waals surface area (Å²) in [6.45, 7) is 1.26. The monoisotopic (exact) mass is 497 g/mol. The molecule has 8 nitrogen and oxygen atoms in total. The molecule has 1 aliphatic heterocycles. The van der Waals surface area contributed by atoms with Crippen LogP contribution in [0.15, 0.2) is 55.2 Å². The molecule has 2 aliphatic rings. The third-order valence-corrected chi connectivity index (χ3v) is 6.65. The van der Waals surface area contributed by atoms with Gasteiger partial charge in [0.25, 0.3) is 5.91 Å². The van der Waals surface area contributed by atoms with Gasteiger partial charge in [-0.15, -0.1) is 13.2 Å². The smallest absolute Gasteiger partial charge is 0.406 e. The highest BCUT2D eigenvalue weighted by Crippen LogP contribution is 2.45. The van der Waals surface area contributed by atoms with E-state index in [1.54, 1.807) is 18.5 Å². The number of nitrogens with one attached hydrogen (secondary N) is 1. The second-order valence-electron chi connectivity index (χ2n) is 8.98. The molecule has 1 aliphatic carbocycles. The number of hydrogen-bond acceptors (Lipinski definition) is 7. The number of rotatable bonds is 5. The van der Waals surface area contributed by atoms with Crippen LogP contribution in [0.2, 0.25) is 0 Å². The molecule has 2 fully saturated rings. The van der Waals surface area contributed by atoms with Crippen molar-refractivity contribution in [3.05, 3.63) is 60.8 Å². The number of ether oxygens (including phenoxy) is 1. The Morgan fingerprint density at radius 2 is 1.83 bits per heavy atom. The Kier molecular flexibility index (Phi) is 6.07. The van der Waals surface area contributed by atoms with E-state index < -0.39 is 12.3 Å².